The Morgan fingerprint density at radius 1 is 1.16 bits per heavy atom. The number of H-pyrrole nitrogens is 1. The van der Waals surface area contributed by atoms with Crippen LogP contribution in [0.1, 0.15) is 0 Å². The molecule has 0 spiro atoms. The highest BCUT2D eigenvalue weighted by Gasteiger charge is 2.08. The Morgan fingerprint density at radius 2 is 1.89 bits per heavy atom. The van der Waals surface area contributed by atoms with Crippen LogP contribution in [0.3, 0.4) is 0 Å². The maximum Gasteiger partial charge on any atom is 0.165 e. The van der Waals surface area contributed by atoms with Crippen molar-refractivity contribution in [1.82, 2.24) is 10.2 Å². The number of methoxy groups -OCH3 is 1. The summed E-state index contributed by atoms with van der Waals surface area (Å²) >= 11 is 0. The van der Waals surface area contributed by atoms with Gasteiger partial charge in [0.1, 0.15) is 0 Å². The highest BCUT2D eigenvalue weighted by Crippen LogP contribution is 2.29. The third-order valence-electron chi connectivity index (χ3n) is 3.08. The molecule has 0 saturated carbocycles. The van der Waals surface area contributed by atoms with Crippen LogP contribution in [0.25, 0.3) is 22.0 Å². The summed E-state index contributed by atoms with van der Waals surface area (Å²) in [6.07, 6.45) is 0. The first-order valence-electron chi connectivity index (χ1n) is 5.76. The molecule has 0 aliphatic heterocycles. The van der Waals surface area contributed by atoms with Crippen LogP contribution in [0.2, 0.25) is 0 Å². The summed E-state index contributed by atoms with van der Waals surface area (Å²) in [6, 6.07) is 10.5. The fraction of sp³-hybridized carbons (Fsp3) is 0.0714. The van der Waals surface area contributed by atoms with Gasteiger partial charge < -0.3 is 10.5 Å². The molecule has 0 aliphatic carbocycles. The predicted molar refractivity (Wildman–Crippen MR) is 72.5 cm³/mol. The molecular weight excluding hydrogens is 245 g/mol. The monoisotopic (exact) mass is 257 g/mol. The Kier molecular flexibility index (Phi) is 2.59. The lowest BCUT2D eigenvalue weighted by Gasteiger charge is -2.05. The highest BCUT2D eigenvalue weighted by atomic mass is 19.1. The van der Waals surface area contributed by atoms with Gasteiger partial charge in [-0.15, -0.1) is 0 Å². The van der Waals surface area contributed by atoms with Gasteiger partial charge in [0.2, 0.25) is 0 Å². The molecule has 1 heterocycles. The lowest BCUT2D eigenvalue weighted by Crippen LogP contribution is -1.89. The van der Waals surface area contributed by atoms with E-state index >= 15 is 0 Å². The average molecular weight is 257 g/mol. The van der Waals surface area contributed by atoms with Crippen molar-refractivity contribution in [3.8, 4) is 16.9 Å². The largest absolute Gasteiger partial charge is 0.494 e. The van der Waals surface area contributed by atoms with Crippen molar-refractivity contribution in [2.75, 3.05) is 12.8 Å². The number of fused-ring (bicyclic) bond motifs is 1. The molecule has 19 heavy (non-hydrogen) atoms. The zero-order chi connectivity index (χ0) is 13.4. The number of nitrogens with one attached hydrogen (secondary N) is 1. The summed E-state index contributed by atoms with van der Waals surface area (Å²) in [5.74, 6) is 0.277. The summed E-state index contributed by atoms with van der Waals surface area (Å²) in [7, 11) is 1.44. The third kappa shape index (κ3) is 1.89. The normalized spacial score (nSPS) is 10.8. The Bertz CT molecular complexity index is 752. The lowest BCUT2D eigenvalue weighted by molar-refractivity contribution is 0.386. The molecule has 0 amide bonds. The van der Waals surface area contributed by atoms with Crippen molar-refractivity contribution in [1.29, 1.82) is 0 Å². The number of aromatic nitrogens is 2. The van der Waals surface area contributed by atoms with E-state index < -0.39 is 0 Å². The second kappa shape index (κ2) is 4.28. The number of benzene rings is 2. The van der Waals surface area contributed by atoms with Crippen LogP contribution >= 0.6 is 0 Å². The van der Waals surface area contributed by atoms with Gasteiger partial charge in [-0.25, -0.2) is 4.39 Å². The SMILES string of the molecule is COc1ccc(-c2ccc3[nH]nc(N)c3c2)cc1F. The predicted octanol–water partition coefficient (Wildman–Crippen LogP) is 2.96. The molecule has 1 aromatic heterocycles. The first-order chi connectivity index (χ1) is 9.19. The fourth-order valence-corrected chi connectivity index (χ4v) is 2.06. The van der Waals surface area contributed by atoms with Crippen molar-refractivity contribution in [3.05, 3.63) is 42.2 Å². The second-order valence-corrected chi connectivity index (χ2v) is 4.22. The average Bonchev–Trinajstić information content (AvgIpc) is 2.80. The van der Waals surface area contributed by atoms with Crippen LogP contribution in [0.4, 0.5) is 10.2 Å². The lowest BCUT2D eigenvalue weighted by atomic mass is 10.0. The van der Waals surface area contributed by atoms with Crippen molar-refractivity contribution in [2.45, 2.75) is 0 Å². The number of hydrogen-bond acceptors (Lipinski definition) is 3. The third-order valence-corrected chi connectivity index (χ3v) is 3.08. The first kappa shape index (κ1) is 11.5. The van der Waals surface area contributed by atoms with Crippen LogP contribution in [0.5, 0.6) is 5.75 Å². The van der Waals surface area contributed by atoms with Gasteiger partial charge in [0.05, 0.1) is 12.6 Å². The van der Waals surface area contributed by atoms with Gasteiger partial charge in [0, 0.05) is 5.39 Å². The summed E-state index contributed by atoms with van der Waals surface area (Å²) in [5.41, 5.74) is 8.26. The molecule has 3 aromatic rings. The molecule has 0 atom stereocenters. The van der Waals surface area contributed by atoms with Gasteiger partial charge in [-0.1, -0.05) is 12.1 Å². The van der Waals surface area contributed by atoms with Crippen LogP contribution in [0.15, 0.2) is 36.4 Å². The van der Waals surface area contributed by atoms with E-state index in [1.54, 1.807) is 12.1 Å². The van der Waals surface area contributed by atoms with E-state index in [-0.39, 0.29) is 11.6 Å². The van der Waals surface area contributed by atoms with Gasteiger partial charge in [-0.3, -0.25) is 5.10 Å². The quantitative estimate of drug-likeness (QED) is 0.741. The smallest absolute Gasteiger partial charge is 0.165 e. The molecule has 3 N–H and O–H groups in total. The Balaban J connectivity index is 2.13. The maximum atomic E-state index is 13.7. The Labute approximate surface area is 109 Å². The zero-order valence-corrected chi connectivity index (χ0v) is 10.3. The second-order valence-electron chi connectivity index (χ2n) is 4.22. The minimum Gasteiger partial charge on any atom is -0.494 e. The van der Waals surface area contributed by atoms with Gasteiger partial charge in [-0.2, -0.15) is 5.10 Å². The molecule has 0 radical (unpaired) electrons. The molecule has 0 saturated heterocycles. The standard InChI is InChI=1S/C14H12FN3O/c1-19-13-5-3-9(7-11(13)15)8-2-4-12-10(6-8)14(16)18-17-12/h2-7H,1H3,(H3,16,17,18). The first-order valence-corrected chi connectivity index (χ1v) is 5.76. The van der Waals surface area contributed by atoms with E-state index in [1.807, 2.05) is 18.2 Å². The van der Waals surface area contributed by atoms with Crippen LogP contribution < -0.4 is 10.5 Å². The topological polar surface area (TPSA) is 63.9 Å². The molecule has 2 aromatic carbocycles. The van der Waals surface area contributed by atoms with E-state index in [1.165, 1.54) is 13.2 Å². The molecule has 0 unspecified atom stereocenters. The number of ether oxygens (including phenoxy) is 1. The van der Waals surface area contributed by atoms with E-state index in [0.717, 1.165) is 22.0 Å². The minimum absolute atomic E-state index is 0.229. The molecule has 0 aliphatic rings. The molecule has 0 fully saturated rings. The highest BCUT2D eigenvalue weighted by molar-refractivity contribution is 5.92. The minimum atomic E-state index is -0.389. The zero-order valence-electron chi connectivity index (χ0n) is 10.3. The number of nitrogens with zero attached hydrogens (tertiary/aromatic N) is 1. The molecule has 0 bridgehead atoms. The number of nitrogens with two attached hydrogens (primary N) is 1. The van der Waals surface area contributed by atoms with E-state index in [9.17, 15) is 4.39 Å². The number of anilines is 1. The summed E-state index contributed by atoms with van der Waals surface area (Å²) in [6.45, 7) is 0. The van der Waals surface area contributed by atoms with E-state index in [4.69, 9.17) is 10.5 Å². The van der Waals surface area contributed by atoms with E-state index in [0.29, 0.717) is 5.82 Å². The molecular formula is C14H12FN3O. The van der Waals surface area contributed by atoms with Crippen LogP contribution in [0, 0.1) is 5.82 Å². The molecule has 96 valence electrons. The summed E-state index contributed by atoms with van der Waals surface area (Å²) in [4.78, 5) is 0. The number of nitrogen functional groups attached to an aromatic ring is 1. The molecule has 4 nitrogen and oxygen atoms in total. The molecule has 5 heteroatoms. The van der Waals surface area contributed by atoms with Gasteiger partial charge in [0.25, 0.3) is 0 Å². The summed E-state index contributed by atoms with van der Waals surface area (Å²) < 4.78 is 18.6. The molecule has 3 rings (SSSR count). The van der Waals surface area contributed by atoms with Crippen molar-refractivity contribution >= 4 is 16.7 Å². The van der Waals surface area contributed by atoms with Crippen LogP contribution in [-0.2, 0) is 0 Å². The van der Waals surface area contributed by atoms with Crippen molar-refractivity contribution < 1.29 is 9.13 Å². The number of rotatable bonds is 2. The maximum absolute atomic E-state index is 13.7. The summed E-state index contributed by atoms with van der Waals surface area (Å²) in [5, 5.41) is 7.59. The van der Waals surface area contributed by atoms with Crippen molar-refractivity contribution in [3.63, 3.8) is 0 Å². The van der Waals surface area contributed by atoms with Crippen molar-refractivity contribution in [2.24, 2.45) is 0 Å². The van der Waals surface area contributed by atoms with Gasteiger partial charge in [0.15, 0.2) is 17.4 Å². The van der Waals surface area contributed by atoms with Crippen LogP contribution in [-0.4, -0.2) is 17.3 Å². The fourth-order valence-electron chi connectivity index (χ4n) is 2.06. The Morgan fingerprint density at radius 3 is 2.63 bits per heavy atom. The van der Waals surface area contributed by atoms with Gasteiger partial charge >= 0.3 is 0 Å². The van der Waals surface area contributed by atoms with Gasteiger partial charge in [-0.05, 0) is 35.4 Å². The Hall–Kier alpha value is -2.56. The van der Waals surface area contributed by atoms with E-state index in [2.05, 4.69) is 10.2 Å². The number of hydrogen-bond donors (Lipinski definition) is 2. The number of halogens is 1. The number of aromatic amines is 1.